The Hall–Kier alpha value is -3.09. The van der Waals surface area contributed by atoms with Crippen molar-refractivity contribution in [2.75, 3.05) is 17.7 Å². The molecule has 0 radical (unpaired) electrons. The van der Waals surface area contributed by atoms with Crippen molar-refractivity contribution in [3.05, 3.63) is 47.1 Å². The third kappa shape index (κ3) is 4.86. The summed E-state index contributed by atoms with van der Waals surface area (Å²) in [6, 6.07) is 7.88. The molecule has 3 aromatic rings. The molecule has 1 aliphatic carbocycles. The van der Waals surface area contributed by atoms with E-state index in [1.165, 1.54) is 6.07 Å². The molecule has 1 saturated carbocycles. The number of amides is 2. The maximum absolute atomic E-state index is 13.6. The fourth-order valence-corrected chi connectivity index (χ4v) is 7.28. The van der Waals surface area contributed by atoms with Gasteiger partial charge in [-0.3, -0.25) is 0 Å². The second-order valence-electron chi connectivity index (χ2n) is 9.31. The van der Waals surface area contributed by atoms with Gasteiger partial charge in [-0.15, -0.1) is 11.3 Å². The van der Waals surface area contributed by atoms with Crippen LogP contribution in [0.4, 0.5) is 16.3 Å². The van der Waals surface area contributed by atoms with Crippen LogP contribution in [-0.2, 0) is 14.6 Å². The zero-order valence-corrected chi connectivity index (χ0v) is 21.3. The number of urea groups is 1. The Labute approximate surface area is 208 Å². The van der Waals surface area contributed by atoms with Crippen LogP contribution in [0.2, 0.25) is 0 Å². The van der Waals surface area contributed by atoms with E-state index in [9.17, 15) is 18.3 Å². The number of nitrogens with zero attached hydrogens (tertiary/aromatic N) is 3. The van der Waals surface area contributed by atoms with Crippen LogP contribution in [0.25, 0.3) is 11.4 Å². The fraction of sp³-hybridized carbons (Fsp3) is 0.391. The number of anilines is 2. The Morgan fingerprint density at radius 3 is 2.43 bits per heavy atom. The molecule has 4 rings (SSSR count). The van der Waals surface area contributed by atoms with E-state index in [0.29, 0.717) is 41.3 Å². The highest BCUT2D eigenvalue weighted by Crippen LogP contribution is 2.51. The Kier molecular flexibility index (Phi) is 6.56. The van der Waals surface area contributed by atoms with E-state index >= 15 is 0 Å². The molecule has 0 saturated heterocycles. The van der Waals surface area contributed by atoms with Gasteiger partial charge in [-0.25, -0.2) is 28.2 Å². The Bertz CT molecular complexity index is 1350. The minimum Gasteiger partial charge on any atom is -0.394 e. The van der Waals surface area contributed by atoms with Crippen molar-refractivity contribution in [2.24, 2.45) is 0 Å². The zero-order valence-electron chi connectivity index (χ0n) is 19.7. The quantitative estimate of drug-likeness (QED) is 0.372. The van der Waals surface area contributed by atoms with Crippen molar-refractivity contribution in [1.82, 2.24) is 20.3 Å². The van der Waals surface area contributed by atoms with E-state index in [1.54, 1.807) is 50.4 Å². The molecule has 35 heavy (non-hydrogen) atoms. The summed E-state index contributed by atoms with van der Waals surface area (Å²) in [7, 11) is -3.76. The highest BCUT2D eigenvalue weighted by molar-refractivity contribution is 7.94. The molecular weight excluding hydrogens is 488 g/mol. The van der Waals surface area contributed by atoms with Crippen molar-refractivity contribution in [2.45, 2.75) is 54.7 Å². The van der Waals surface area contributed by atoms with Crippen molar-refractivity contribution in [3.8, 4) is 11.4 Å². The second kappa shape index (κ2) is 9.17. The van der Waals surface area contributed by atoms with Gasteiger partial charge < -0.3 is 21.5 Å². The Morgan fingerprint density at radius 2 is 1.89 bits per heavy atom. The van der Waals surface area contributed by atoms with Crippen molar-refractivity contribution in [1.29, 1.82) is 0 Å². The van der Waals surface area contributed by atoms with Crippen LogP contribution in [-0.4, -0.2) is 46.7 Å². The second-order valence-corrected chi connectivity index (χ2v) is 12.6. The summed E-state index contributed by atoms with van der Waals surface area (Å²) in [4.78, 5) is 25.3. The summed E-state index contributed by atoms with van der Waals surface area (Å²) in [5.74, 6) is 0.476. The van der Waals surface area contributed by atoms with Crippen LogP contribution in [0, 0.1) is 6.92 Å². The van der Waals surface area contributed by atoms with E-state index in [4.69, 9.17) is 5.73 Å². The molecule has 0 unspecified atom stereocenters. The van der Waals surface area contributed by atoms with Gasteiger partial charge in [0, 0.05) is 28.4 Å². The number of sulfone groups is 1. The van der Waals surface area contributed by atoms with E-state index in [-0.39, 0.29) is 16.8 Å². The van der Waals surface area contributed by atoms with Gasteiger partial charge in [-0.2, -0.15) is 0 Å². The molecule has 5 N–H and O–H groups in total. The number of aliphatic hydroxyl groups excluding tert-OH is 1. The number of nitrogens with one attached hydrogen (secondary N) is 2. The number of benzene rings is 1. The van der Waals surface area contributed by atoms with Gasteiger partial charge in [0.05, 0.1) is 17.8 Å². The number of hydrogen-bond donors (Lipinski definition) is 4. The number of hydrogen-bond acceptors (Lipinski definition) is 9. The Balaban J connectivity index is 1.62. The monoisotopic (exact) mass is 516 g/mol. The average molecular weight is 517 g/mol. The topological polar surface area (TPSA) is 160 Å². The maximum Gasteiger partial charge on any atom is 0.319 e. The SMILES string of the molecule is Cc1csc(S(=O)(=O)C2(c3cc(N)nc(-c4ccc(NC(=O)NC(C)(C)CO)cc4)n3)CCC2)n1. The number of nitrogens with two attached hydrogens (primary N) is 1. The predicted molar refractivity (Wildman–Crippen MR) is 135 cm³/mol. The van der Waals surface area contributed by atoms with Crippen LogP contribution in [0.5, 0.6) is 0 Å². The number of carbonyl (C=O) groups is 1. The highest BCUT2D eigenvalue weighted by Gasteiger charge is 2.53. The molecule has 2 amide bonds. The van der Waals surface area contributed by atoms with Crippen LogP contribution in [0.3, 0.4) is 0 Å². The van der Waals surface area contributed by atoms with E-state index < -0.39 is 26.2 Å². The minimum atomic E-state index is -3.76. The number of aryl methyl sites for hydroxylation is 1. The number of rotatable bonds is 7. The highest BCUT2D eigenvalue weighted by atomic mass is 32.2. The number of aliphatic hydroxyl groups is 1. The van der Waals surface area contributed by atoms with Crippen LogP contribution < -0.4 is 16.4 Å². The molecular formula is C23H28N6O4S2. The molecule has 0 spiro atoms. The number of thiazole rings is 1. The molecule has 1 aromatic carbocycles. The molecule has 12 heteroatoms. The van der Waals surface area contributed by atoms with Crippen molar-refractivity contribution in [3.63, 3.8) is 0 Å². The van der Waals surface area contributed by atoms with Crippen LogP contribution in [0.15, 0.2) is 40.1 Å². The Morgan fingerprint density at radius 1 is 1.20 bits per heavy atom. The lowest BCUT2D eigenvalue weighted by Gasteiger charge is -2.39. The molecule has 10 nitrogen and oxygen atoms in total. The third-order valence-electron chi connectivity index (χ3n) is 5.96. The first kappa shape index (κ1) is 25.0. The summed E-state index contributed by atoms with van der Waals surface area (Å²) in [5.41, 5.74) is 7.50. The van der Waals surface area contributed by atoms with Gasteiger partial charge in [0.25, 0.3) is 0 Å². The first-order valence-corrected chi connectivity index (χ1v) is 13.4. The first-order chi connectivity index (χ1) is 16.5. The summed E-state index contributed by atoms with van der Waals surface area (Å²) < 4.78 is 26.0. The molecule has 0 bridgehead atoms. The average Bonchev–Trinajstić information content (AvgIpc) is 3.20. The molecule has 0 aliphatic heterocycles. The first-order valence-electron chi connectivity index (χ1n) is 11.1. The van der Waals surface area contributed by atoms with Crippen LogP contribution in [0.1, 0.15) is 44.5 Å². The summed E-state index contributed by atoms with van der Waals surface area (Å²) in [5, 5.41) is 16.4. The van der Waals surface area contributed by atoms with Gasteiger partial charge in [-0.05, 0) is 64.3 Å². The van der Waals surface area contributed by atoms with Gasteiger partial charge in [0.2, 0.25) is 14.2 Å². The smallest absolute Gasteiger partial charge is 0.319 e. The molecule has 2 heterocycles. The summed E-state index contributed by atoms with van der Waals surface area (Å²) in [6.45, 7) is 4.97. The molecule has 2 aromatic heterocycles. The number of nitrogen functional groups attached to an aromatic ring is 1. The molecule has 0 atom stereocenters. The summed E-state index contributed by atoms with van der Waals surface area (Å²) in [6.07, 6.45) is 1.64. The van der Waals surface area contributed by atoms with Crippen molar-refractivity contribution >= 4 is 38.7 Å². The lowest BCUT2D eigenvalue weighted by Crippen LogP contribution is -2.48. The van der Waals surface area contributed by atoms with E-state index in [2.05, 4.69) is 25.6 Å². The van der Waals surface area contributed by atoms with Crippen molar-refractivity contribution < 1.29 is 18.3 Å². The maximum atomic E-state index is 13.6. The van der Waals surface area contributed by atoms with Gasteiger partial charge >= 0.3 is 6.03 Å². The zero-order chi connectivity index (χ0) is 25.4. The van der Waals surface area contributed by atoms with E-state index in [0.717, 1.165) is 17.8 Å². The molecule has 1 aliphatic rings. The fourth-order valence-electron chi connectivity index (χ4n) is 3.82. The van der Waals surface area contributed by atoms with Crippen LogP contribution >= 0.6 is 11.3 Å². The van der Waals surface area contributed by atoms with Gasteiger partial charge in [0.15, 0.2) is 5.82 Å². The number of aromatic nitrogens is 3. The minimum absolute atomic E-state index is 0.0894. The summed E-state index contributed by atoms with van der Waals surface area (Å²) >= 11 is 1.12. The lowest BCUT2D eigenvalue weighted by molar-refractivity contribution is 0.187. The molecule has 186 valence electrons. The number of carbonyl (C=O) groups excluding carboxylic acids is 1. The standard InChI is InChI=1S/C23H28N6O4S2/c1-14-12-34-21(25-14)35(32,33)23(9-4-10-23)17-11-18(24)28-19(27-17)15-5-7-16(8-6-15)26-20(31)29-22(2,3)13-30/h5-8,11-12,30H,4,9-10,13H2,1-3H3,(H2,24,27,28)(H2,26,29,31). The third-order valence-corrected chi connectivity index (χ3v) is 9.86. The van der Waals surface area contributed by atoms with Gasteiger partial charge in [0.1, 0.15) is 10.6 Å². The van der Waals surface area contributed by atoms with Gasteiger partial charge in [-0.1, -0.05) is 0 Å². The predicted octanol–water partition coefficient (Wildman–Crippen LogP) is 3.24. The lowest BCUT2D eigenvalue weighted by atomic mass is 9.81. The van der Waals surface area contributed by atoms with E-state index in [1.807, 2.05) is 0 Å². The largest absolute Gasteiger partial charge is 0.394 e. The normalized spacial score (nSPS) is 15.3. The molecule has 1 fully saturated rings.